The lowest BCUT2D eigenvalue weighted by molar-refractivity contribution is -0.138. The topological polar surface area (TPSA) is 29.5 Å². The summed E-state index contributed by atoms with van der Waals surface area (Å²) in [5.41, 5.74) is -0.133. The van der Waals surface area contributed by atoms with Gasteiger partial charge in [-0.05, 0) is 41.3 Å². The number of benzene rings is 2. The number of halogens is 4. The SMILES string of the molecule is CC(C)(C)c1ccc(Oc2ccc(O)c(C(F)(F)F)c2)cc1Br. The molecule has 23 heavy (non-hydrogen) atoms. The van der Waals surface area contributed by atoms with Crippen LogP contribution in [0.5, 0.6) is 17.2 Å². The molecule has 0 bridgehead atoms. The highest BCUT2D eigenvalue weighted by atomic mass is 79.9. The Balaban J connectivity index is 2.32. The first kappa shape index (κ1) is 17.7. The summed E-state index contributed by atoms with van der Waals surface area (Å²) in [5.74, 6) is -0.414. The Morgan fingerprint density at radius 1 is 0.913 bits per heavy atom. The van der Waals surface area contributed by atoms with E-state index in [0.717, 1.165) is 22.2 Å². The van der Waals surface area contributed by atoms with Crippen LogP contribution in [0.3, 0.4) is 0 Å². The van der Waals surface area contributed by atoms with Gasteiger partial charge in [-0.15, -0.1) is 0 Å². The molecule has 0 aliphatic heterocycles. The number of hydrogen-bond acceptors (Lipinski definition) is 2. The third-order valence-electron chi connectivity index (χ3n) is 3.26. The molecule has 0 amide bonds. The predicted molar refractivity (Wildman–Crippen MR) is 86.0 cm³/mol. The van der Waals surface area contributed by atoms with Crippen LogP contribution in [-0.4, -0.2) is 5.11 Å². The molecule has 0 heterocycles. The largest absolute Gasteiger partial charge is 0.507 e. The number of phenolic OH excluding ortho intramolecular Hbond substituents is 1. The minimum Gasteiger partial charge on any atom is -0.507 e. The molecule has 0 radical (unpaired) electrons. The molecule has 0 aliphatic carbocycles. The minimum atomic E-state index is -4.64. The van der Waals surface area contributed by atoms with E-state index < -0.39 is 17.5 Å². The molecule has 2 nitrogen and oxygen atoms in total. The van der Waals surface area contributed by atoms with Gasteiger partial charge in [0.2, 0.25) is 0 Å². The molecule has 2 aromatic rings. The van der Waals surface area contributed by atoms with Gasteiger partial charge in [0.15, 0.2) is 0 Å². The van der Waals surface area contributed by atoms with Gasteiger partial charge in [-0.1, -0.05) is 42.8 Å². The lowest BCUT2D eigenvalue weighted by Crippen LogP contribution is -2.11. The van der Waals surface area contributed by atoms with E-state index in [0.29, 0.717) is 5.75 Å². The maximum Gasteiger partial charge on any atom is 0.420 e. The number of alkyl halides is 3. The first-order valence-corrected chi connectivity index (χ1v) is 7.66. The molecule has 0 aliphatic rings. The van der Waals surface area contributed by atoms with Crippen molar-refractivity contribution in [3.05, 3.63) is 52.0 Å². The second-order valence-electron chi connectivity index (χ2n) is 6.17. The van der Waals surface area contributed by atoms with Crippen molar-refractivity contribution in [2.24, 2.45) is 0 Å². The zero-order chi connectivity index (χ0) is 17.4. The fraction of sp³-hybridized carbons (Fsp3) is 0.294. The molecule has 0 spiro atoms. The van der Waals surface area contributed by atoms with E-state index in [2.05, 4.69) is 36.7 Å². The van der Waals surface area contributed by atoms with Gasteiger partial charge in [-0.3, -0.25) is 0 Å². The molecule has 0 unspecified atom stereocenters. The third-order valence-corrected chi connectivity index (χ3v) is 3.91. The van der Waals surface area contributed by atoms with E-state index in [1.54, 1.807) is 12.1 Å². The standard InChI is InChI=1S/C17H16BrF3O2/c1-16(2,3)12-6-4-11(9-14(12)18)23-10-5-7-15(22)13(8-10)17(19,20)21/h4-9,22H,1-3H3. The molecule has 6 heteroatoms. The molecule has 1 N–H and O–H groups in total. The molecule has 0 saturated heterocycles. The molecule has 124 valence electrons. The van der Waals surface area contributed by atoms with Gasteiger partial charge in [0, 0.05) is 4.47 Å². The highest BCUT2D eigenvalue weighted by Crippen LogP contribution is 2.39. The van der Waals surface area contributed by atoms with Gasteiger partial charge < -0.3 is 9.84 Å². The van der Waals surface area contributed by atoms with E-state index >= 15 is 0 Å². The summed E-state index contributed by atoms with van der Waals surface area (Å²) in [6, 6.07) is 8.31. The van der Waals surface area contributed by atoms with Crippen molar-refractivity contribution in [1.82, 2.24) is 0 Å². The van der Waals surface area contributed by atoms with Crippen molar-refractivity contribution < 1.29 is 23.0 Å². The van der Waals surface area contributed by atoms with Crippen molar-refractivity contribution in [2.75, 3.05) is 0 Å². The Morgan fingerprint density at radius 3 is 2.00 bits per heavy atom. The maximum atomic E-state index is 12.8. The number of phenols is 1. The normalized spacial score (nSPS) is 12.3. The summed E-state index contributed by atoms with van der Waals surface area (Å²) in [5, 5.41) is 9.32. The molecule has 0 saturated carbocycles. The van der Waals surface area contributed by atoms with Gasteiger partial charge >= 0.3 is 6.18 Å². The van der Waals surface area contributed by atoms with Crippen LogP contribution >= 0.6 is 15.9 Å². The van der Waals surface area contributed by atoms with Crippen molar-refractivity contribution >= 4 is 15.9 Å². The number of hydrogen-bond donors (Lipinski definition) is 1. The Bertz CT molecular complexity index is 719. The lowest BCUT2D eigenvalue weighted by Gasteiger charge is -2.21. The quantitative estimate of drug-likeness (QED) is 0.657. The van der Waals surface area contributed by atoms with Crippen molar-refractivity contribution in [3.63, 3.8) is 0 Å². The van der Waals surface area contributed by atoms with Crippen LogP contribution in [0.1, 0.15) is 31.9 Å². The zero-order valence-corrected chi connectivity index (χ0v) is 14.4. The van der Waals surface area contributed by atoms with Crippen LogP contribution in [0, 0.1) is 0 Å². The Morgan fingerprint density at radius 2 is 1.48 bits per heavy atom. The second-order valence-corrected chi connectivity index (χ2v) is 7.02. The Labute approximate surface area is 141 Å². The van der Waals surface area contributed by atoms with Gasteiger partial charge in [0.25, 0.3) is 0 Å². The Hall–Kier alpha value is -1.69. The minimum absolute atomic E-state index is 0.00512. The molecule has 0 atom stereocenters. The molecular formula is C17H16BrF3O2. The maximum absolute atomic E-state index is 12.8. The van der Waals surface area contributed by atoms with Crippen molar-refractivity contribution in [3.8, 4) is 17.2 Å². The number of ether oxygens (including phenoxy) is 1. The van der Waals surface area contributed by atoms with Crippen LogP contribution in [0.25, 0.3) is 0 Å². The fourth-order valence-corrected chi connectivity index (χ4v) is 3.06. The third kappa shape index (κ3) is 4.19. The van der Waals surface area contributed by atoms with E-state index in [1.165, 1.54) is 6.07 Å². The zero-order valence-electron chi connectivity index (χ0n) is 12.8. The summed E-state index contributed by atoms with van der Waals surface area (Å²) < 4.78 is 44.7. The Kier molecular flexibility index (Phi) is 4.66. The summed E-state index contributed by atoms with van der Waals surface area (Å²) in [7, 11) is 0. The van der Waals surface area contributed by atoms with Gasteiger partial charge in [-0.25, -0.2) is 0 Å². The van der Waals surface area contributed by atoms with Gasteiger partial charge in [0.1, 0.15) is 22.8 Å². The monoisotopic (exact) mass is 388 g/mol. The van der Waals surface area contributed by atoms with Gasteiger partial charge in [0.05, 0.1) is 0 Å². The average molecular weight is 389 g/mol. The smallest absolute Gasteiger partial charge is 0.420 e. The van der Waals surface area contributed by atoms with E-state index in [1.807, 2.05) is 6.07 Å². The van der Waals surface area contributed by atoms with Crippen LogP contribution in [0.15, 0.2) is 40.9 Å². The van der Waals surface area contributed by atoms with E-state index in [4.69, 9.17) is 4.74 Å². The summed E-state index contributed by atoms with van der Waals surface area (Å²) in [4.78, 5) is 0. The van der Waals surface area contributed by atoms with E-state index in [-0.39, 0.29) is 11.2 Å². The second kappa shape index (κ2) is 6.07. The van der Waals surface area contributed by atoms with E-state index in [9.17, 15) is 18.3 Å². The van der Waals surface area contributed by atoms with Crippen molar-refractivity contribution in [1.29, 1.82) is 0 Å². The van der Waals surface area contributed by atoms with Crippen LogP contribution in [0.4, 0.5) is 13.2 Å². The summed E-state index contributed by atoms with van der Waals surface area (Å²) in [6.45, 7) is 6.18. The molecule has 0 fully saturated rings. The average Bonchev–Trinajstić information content (AvgIpc) is 2.38. The highest BCUT2D eigenvalue weighted by molar-refractivity contribution is 9.10. The summed E-state index contributed by atoms with van der Waals surface area (Å²) >= 11 is 3.45. The highest BCUT2D eigenvalue weighted by Gasteiger charge is 2.34. The summed E-state index contributed by atoms with van der Waals surface area (Å²) in [6.07, 6.45) is -4.64. The van der Waals surface area contributed by atoms with Crippen LogP contribution in [0.2, 0.25) is 0 Å². The number of aromatic hydroxyl groups is 1. The van der Waals surface area contributed by atoms with Crippen LogP contribution in [-0.2, 0) is 11.6 Å². The molecule has 0 aromatic heterocycles. The van der Waals surface area contributed by atoms with Crippen LogP contribution < -0.4 is 4.74 Å². The molecule has 2 rings (SSSR count). The van der Waals surface area contributed by atoms with Gasteiger partial charge in [-0.2, -0.15) is 13.2 Å². The first-order valence-electron chi connectivity index (χ1n) is 6.86. The number of rotatable bonds is 2. The predicted octanol–water partition coefficient (Wildman–Crippen LogP) is 6.26. The fourth-order valence-electron chi connectivity index (χ4n) is 2.11. The lowest BCUT2D eigenvalue weighted by atomic mass is 9.87. The molecule has 2 aromatic carbocycles. The first-order chi connectivity index (χ1) is 10.5. The molecular weight excluding hydrogens is 373 g/mol. The van der Waals surface area contributed by atoms with Crippen molar-refractivity contribution in [2.45, 2.75) is 32.4 Å².